The molecule has 7 heteroatoms. The van der Waals surface area contributed by atoms with Crippen LogP contribution in [-0.2, 0) is 32.3 Å². The zero-order valence-electron chi connectivity index (χ0n) is 19.8. The van der Waals surface area contributed by atoms with Crippen LogP contribution in [0.1, 0.15) is 30.4 Å². The third-order valence-corrected chi connectivity index (χ3v) is 8.78. The summed E-state index contributed by atoms with van der Waals surface area (Å²) in [7, 11) is -1.52. The molecule has 180 valence electrons. The van der Waals surface area contributed by atoms with E-state index in [1.807, 2.05) is 48.5 Å². The molecular formula is C27H30Br2O4Si. The lowest BCUT2D eigenvalue weighted by Crippen LogP contribution is -2.45. The molecule has 0 heterocycles. The number of hydrogen-bond donors (Lipinski definition) is 0. The molecule has 0 N–H and O–H groups in total. The van der Waals surface area contributed by atoms with Gasteiger partial charge in [0, 0.05) is 8.95 Å². The SMILES string of the molecule is C[Si](C)(C)/C=C1/CC(C(=O)OCc2ccc(Br)cc2)(C(=O)OCc2ccc(Br)cc2)C[C@@H]2C[C@H]12. The number of halogens is 2. The molecule has 2 fully saturated rings. The maximum absolute atomic E-state index is 13.6. The lowest BCUT2D eigenvalue weighted by atomic mass is 9.72. The van der Waals surface area contributed by atoms with Crippen LogP contribution in [0.25, 0.3) is 0 Å². The molecule has 0 unspecified atom stereocenters. The van der Waals surface area contributed by atoms with Crippen molar-refractivity contribution < 1.29 is 19.1 Å². The molecule has 0 bridgehead atoms. The van der Waals surface area contributed by atoms with E-state index in [1.165, 1.54) is 5.57 Å². The van der Waals surface area contributed by atoms with Gasteiger partial charge in [0.05, 0.1) is 8.07 Å². The van der Waals surface area contributed by atoms with Gasteiger partial charge in [-0.15, -0.1) is 0 Å². The molecule has 0 aliphatic heterocycles. The number of hydrogen-bond acceptors (Lipinski definition) is 4. The molecule has 2 aromatic rings. The van der Waals surface area contributed by atoms with Gasteiger partial charge in [-0.05, 0) is 66.5 Å². The van der Waals surface area contributed by atoms with Crippen molar-refractivity contribution in [3.8, 4) is 0 Å². The first-order chi connectivity index (χ1) is 16.1. The van der Waals surface area contributed by atoms with Crippen molar-refractivity contribution in [2.24, 2.45) is 17.3 Å². The Bertz CT molecular complexity index is 1030. The van der Waals surface area contributed by atoms with Crippen molar-refractivity contribution >= 4 is 51.9 Å². The van der Waals surface area contributed by atoms with Gasteiger partial charge in [-0.2, -0.15) is 0 Å². The summed E-state index contributed by atoms with van der Waals surface area (Å²) < 4.78 is 13.5. The monoisotopic (exact) mass is 604 g/mol. The van der Waals surface area contributed by atoms with Crippen LogP contribution in [0.5, 0.6) is 0 Å². The van der Waals surface area contributed by atoms with Crippen molar-refractivity contribution in [3.63, 3.8) is 0 Å². The minimum atomic E-state index is -1.52. The van der Waals surface area contributed by atoms with Gasteiger partial charge >= 0.3 is 11.9 Å². The zero-order valence-corrected chi connectivity index (χ0v) is 23.9. The topological polar surface area (TPSA) is 52.6 Å². The zero-order chi connectivity index (χ0) is 24.5. The highest BCUT2D eigenvalue weighted by molar-refractivity contribution is 9.10. The predicted octanol–water partition coefficient (Wildman–Crippen LogP) is 7.22. The molecule has 0 aromatic heterocycles. The third-order valence-electron chi connectivity index (χ3n) is 6.48. The summed E-state index contributed by atoms with van der Waals surface area (Å²) in [5, 5.41) is 0. The molecule has 2 aromatic carbocycles. The van der Waals surface area contributed by atoms with E-state index in [0.717, 1.165) is 26.5 Å². The Kier molecular flexibility index (Phi) is 7.55. The van der Waals surface area contributed by atoms with Crippen molar-refractivity contribution in [1.82, 2.24) is 0 Å². The molecule has 2 saturated carbocycles. The van der Waals surface area contributed by atoms with E-state index < -0.39 is 25.4 Å². The van der Waals surface area contributed by atoms with Gasteiger partial charge in [-0.25, -0.2) is 0 Å². The van der Waals surface area contributed by atoms with Crippen LogP contribution in [0.15, 0.2) is 68.7 Å². The summed E-state index contributed by atoms with van der Waals surface area (Å²) in [6.07, 6.45) is 1.94. The maximum atomic E-state index is 13.6. The van der Waals surface area contributed by atoms with E-state index in [0.29, 0.717) is 24.7 Å². The molecule has 2 aliphatic rings. The van der Waals surface area contributed by atoms with Gasteiger partial charge in [0.1, 0.15) is 13.2 Å². The second-order valence-corrected chi connectivity index (χ2v) is 17.4. The van der Waals surface area contributed by atoms with Crippen LogP contribution in [-0.4, -0.2) is 20.0 Å². The van der Waals surface area contributed by atoms with Crippen molar-refractivity contribution in [3.05, 3.63) is 79.9 Å². The number of benzene rings is 2. The average Bonchev–Trinajstić information content (AvgIpc) is 3.56. The Morgan fingerprint density at radius 1 is 0.912 bits per heavy atom. The fourth-order valence-corrected chi connectivity index (χ4v) is 6.73. The molecule has 2 atom stereocenters. The highest BCUT2D eigenvalue weighted by Gasteiger charge is 2.60. The van der Waals surface area contributed by atoms with E-state index in [-0.39, 0.29) is 13.2 Å². The minimum Gasteiger partial charge on any atom is -0.460 e. The summed E-state index contributed by atoms with van der Waals surface area (Å²) in [5.41, 5.74) is 4.10. The van der Waals surface area contributed by atoms with Crippen LogP contribution in [0.2, 0.25) is 19.6 Å². The molecule has 4 rings (SSSR count). The van der Waals surface area contributed by atoms with Gasteiger partial charge in [0.15, 0.2) is 5.41 Å². The second-order valence-electron chi connectivity index (χ2n) is 10.6. The molecule has 0 spiro atoms. The summed E-state index contributed by atoms with van der Waals surface area (Å²) >= 11 is 6.85. The van der Waals surface area contributed by atoms with Crippen LogP contribution >= 0.6 is 31.9 Å². The molecular weight excluding hydrogens is 576 g/mol. The fourth-order valence-electron chi connectivity index (χ4n) is 4.77. The largest absolute Gasteiger partial charge is 0.460 e. The van der Waals surface area contributed by atoms with Crippen molar-refractivity contribution in [2.45, 2.75) is 52.1 Å². The van der Waals surface area contributed by atoms with E-state index >= 15 is 0 Å². The summed E-state index contributed by atoms with van der Waals surface area (Å²) in [6, 6.07) is 15.3. The number of ether oxygens (including phenoxy) is 2. The number of esters is 2. The minimum absolute atomic E-state index is 0.134. The molecule has 0 amide bonds. The second kappa shape index (κ2) is 10.1. The molecule has 34 heavy (non-hydrogen) atoms. The van der Waals surface area contributed by atoms with Crippen LogP contribution < -0.4 is 0 Å². The predicted molar refractivity (Wildman–Crippen MR) is 143 cm³/mol. The van der Waals surface area contributed by atoms with Crippen molar-refractivity contribution in [1.29, 1.82) is 0 Å². The molecule has 2 aliphatic carbocycles. The number of carbonyl (C=O) groups is 2. The average molecular weight is 606 g/mol. The number of rotatable bonds is 7. The molecule has 0 saturated heterocycles. The Morgan fingerprint density at radius 2 is 1.38 bits per heavy atom. The Labute approximate surface area is 219 Å². The Morgan fingerprint density at radius 3 is 1.82 bits per heavy atom. The first kappa shape index (κ1) is 25.4. The highest BCUT2D eigenvalue weighted by Crippen LogP contribution is 2.59. The van der Waals surface area contributed by atoms with Gasteiger partial charge in [-0.3, -0.25) is 9.59 Å². The van der Waals surface area contributed by atoms with Crippen LogP contribution in [0, 0.1) is 17.3 Å². The Hall–Kier alpha value is -1.70. The van der Waals surface area contributed by atoms with Crippen LogP contribution in [0.3, 0.4) is 0 Å². The molecule has 4 nitrogen and oxygen atoms in total. The van der Waals surface area contributed by atoms with Gasteiger partial charge in [-0.1, -0.05) is 87.0 Å². The fraction of sp³-hybridized carbons (Fsp3) is 0.407. The quantitative estimate of drug-likeness (QED) is 0.190. The number of carbonyl (C=O) groups excluding carboxylic acids is 2. The lowest BCUT2D eigenvalue weighted by Gasteiger charge is -2.34. The van der Waals surface area contributed by atoms with Crippen molar-refractivity contribution in [2.75, 3.05) is 0 Å². The summed E-state index contributed by atoms with van der Waals surface area (Å²) in [6.45, 7) is 7.12. The molecule has 0 radical (unpaired) electrons. The van der Waals surface area contributed by atoms with E-state index in [9.17, 15) is 9.59 Å². The Balaban J connectivity index is 1.56. The van der Waals surface area contributed by atoms with E-state index in [2.05, 4.69) is 57.2 Å². The van der Waals surface area contributed by atoms with Gasteiger partial charge < -0.3 is 9.47 Å². The van der Waals surface area contributed by atoms with E-state index in [4.69, 9.17) is 9.47 Å². The third kappa shape index (κ3) is 6.10. The standard InChI is InChI=1S/C27H30Br2O4Si/c1-34(2,3)17-21-14-27(13-20-12-24(20)21,25(30)32-15-18-4-8-22(28)9-5-18)26(31)33-16-19-6-10-23(29)11-7-19/h4-11,17,20,24H,12-16H2,1-3H3/b21-17-/t20-,24-/m0/s1. The first-order valence-electron chi connectivity index (χ1n) is 11.6. The number of fused-ring (bicyclic) bond motifs is 1. The highest BCUT2D eigenvalue weighted by atomic mass is 79.9. The van der Waals surface area contributed by atoms with E-state index in [1.54, 1.807) is 0 Å². The lowest BCUT2D eigenvalue weighted by molar-refractivity contribution is -0.176. The normalized spacial score (nSPS) is 22.1. The van der Waals surface area contributed by atoms with Gasteiger partial charge in [0.2, 0.25) is 0 Å². The maximum Gasteiger partial charge on any atom is 0.324 e. The first-order valence-corrected chi connectivity index (χ1v) is 16.8. The van der Waals surface area contributed by atoms with Crippen LogP contribution in [0.4, 0.5) is 0 Å². The number of allylic oxidation sites excluding steroid dienone is 1. The smallest absolute Gasteiger partial charge is 0.324 e. The summed E-state index contributed by atoms with van der Waals surface area (Å²) in [4.78, 5) is 27.2. The van der Waals surface area contributed by atoms with Gasteiger partial charge in [0.25, 0.3) is 0 Å². The summed E-state index contributed by atoms with van der Waals surface area (Å²) in [5.74, 6) is -0.0960.